The van der Waals surface area contributed by atoms with Gasteiger partial charge in [-0.1, -0.05) is 25.8 Å². The second-order valence-electron chi connectivity index (χ2n) is 7.78. The number of halogens is 3. The van der Waals surface area contributed by atoms with E-state index < -0.39 is 17.8 Å². The summed E-state index contributed by atoms with van der Waals surface area (Å²) in [7, 11) is 0. The molecule has 0 spiro atoms. The van der Waals surface area contributed by atoms with Gasteiger partial charge in [0.2, 0.25) is 0 Å². The zero-order chi connectivity index (χ0) is 18.7. The minimum absolute atomic E-state index is 0.0605. The summed E-state index contributed by atoms with van der Waals surface area (Å²) in [6.07, 6.45) is 3.90. The molecule has 1 aliphatic carbocycles. The Kier molecular flexibility index (Phi) is 6.49. The average Bonchev–Trinajstić information content (AvgIpc) is 2.63. The minimum Gasteiger partial charge on any atom is -0.493 e. The monoisotopic (exact) mass is 370 g/mol. The first kappa shape index (κ1) is 19.5. The molecule has 0 radical (unpaired) electrons. The van der Waals surface area contributed by atoms with Crippen molar-refractivity contribution in [1.82, 2.24) is 0 Å². The maximum absolute atomic E-state index is 14.8. The van der Waals surface area contributed by atoms with E-state index in [1.165, 1.54) is 31.7 Å². The van der Waals surface area contributed by atoms with E-state index in [9.17, 15) is 13.2 Å². The second-order valence-corrected chi connectivity index (χ2v) is 7.78. The van der Waals surface area contributed by atoms with Crippen LogP contribution in [0, 0.1) is 17.7 Å². The van der Waals surface area contributed by atoms with E-state index in [-0.39, 0.29) is 24.4 Å². The van der Waals surface area contributed by atoms with Crippen LogP contribution in [0.25, 0.3) is 0 Å². The number of rotatable bonds is 5. The van der Waals surface area contributed by atoms with E-state index in [0.717, 1.165) is 18.8 Å². The van der Waals surface area contributed by atoms with Gasteiger partial charge in [-0.25, -0.2) is 13.2 Å². The molecule has 5 heteroatoms. The second kappa shape index (κ2) is 8.64. The number of hydrogen-bond acceptors (Lipinski definition) is 2. The van der Waals surface area contributed by atoms with Crippen LogP contribution < -0.4 is 4.74 Å². The van der Waals surface area contributed by atoms with Crippen molar-refractivity contribution in [2.75, 3.05) is 13.2 Å². The Labute approximate surface area is 154 Å². The Morgan fingerprint density at radius 3 is 2.42 bits per heavy atom. The zero-order valence-corrected chi connectivity index (χ0v) is 15.6. The zero-order valence-electron chi connectivity index (χ0n) is 15.6. The van der Waals surface area contributed by atoms with Gasteiger partial charge in [0.05, 0.1) is 24.9 Å². The van der Waals surface area contributed by atoms with Crippen LogP contribution in [0.3, 0.4) is 0 Å². The SMILES string of the molecule is CCOc1ccc(C2CCC(C3CCC(C)CC3)OC2)c(F)c1C(F)F. The molecule has 0 N–H and O–H groups in total. The fourth-order valence-corrected chi connectivity index (χ4v) is 4.44. The van der Waals surface area contributed by atoms with Crippen LogP contribution in [0.2, 0.25) is 0 Å². The molecule has 146 valence electrons. The highest BCUT2D eigenvalue weighted by Gasteiger charge is 2.33. The highest BCUT2D eigenvalue weighted by atomic mass is 19.3. The van der Waals surface area contributed by atoms with Crippen LogP contribution in [-0.4, -0.2) is 19.3 Å². The van der Waals surface area contributed by atoms with Crippen molar-refractivity contribution in [2.45, 2.75) is 70.8 Å². The lowest BCUT2D eigenvalue weighted by Gasteiger charge is -2.37. The van der Waals surface area contributed by atoms with Crippen molar-refractivity contribution < 1.29 is 22.6 Å². The van der Waals surface area contributed by atoms with E-state index in [4.69, 9.17) is 9.47 Å². The van der Waals surface area contributed by atoms with E-state index >= 15 is 0 Å². The highest BCUT2D eigenvalue weighted by molar-refractivity contribution is 5.41. The molecule has 3 rings (SSSR count). The van der Waals surface area contributed by atoms with Gasteiger partial charge in [0.15, 0.2) is 0 Å². The molecule has 2 unspecified atom stereocenters. The lowest BCUT2D eigenvalue weighted by Crippen LogP contribution is -2.33. The van der Waals surface area contributed by atoms with Crippen molar-refractivity contribution >= 4 is 0 Å². The molecule has 0 bridgehead atoms. The molecular formula is C21H29F3O2. The molecule has 1 aromatic carbocycles. The standard InChI is InChI=1S/C21H29F3O2/c1-3-25-18-11-9-16(20(22)19(18)21(23)24)15-8-10-17(26-12-15)14-6-4-13(2)5-7-14/h9,11,13-15,17,21H,3-8,10,12H2,1-2H3. The molecule has 1 heterocycles. The van der Waals surface area contributed by atoms with Crippen molar-refractivity contribution in [1.29, 1.82) is 0 Å². The topological polar surface area (TPSA) is 18.5 Å². The van der Waals surface area contributed by atoms with Gasteiger partial charge in [-0.05, 0) is 56.1 Å². The third-order valence-electron chi connectivity index (χ3n) is 6.02. The minimum atomic E-state index is -2.89. The third-order valence-corrected chi connectivity index (χ3v) is 6.02. The summed E-state index contributed by atoms with van der Waals surface area (Å²) in [6, 6.07) is 3.06. The molecule has 2 fully saturated rings. The van der Waals surface area contributed by atoms with Gasteiger partial charge in [0, 0.05) is 5.92 Å². The lowest BCUT2D eigenvalue weighted by molar-refractivity contribution is -0.0432. The quantitative estimate of drug-likeness (QED) is 0.610. The van der Waals surface area contributed by atoms with Crippen molar-refractivity contribution in [3.05, 3.63) is 29.1 Å². The Morgan fingerprint density at radius 1 is 1.12 bits per heavy atom. The maximum Gasteiger partial charge on any atom is 0.270 e. The van der Waals surface area contributed by atoms with Crippen LogP contribution in [0.1, 0.15) is 75.8 Å². The molecule has 0 aromatic heterocycles. The Balaban J connectivity index is 1.68. The first-order valence-corrected chi connectivity index (χ1v) is 9.86. The Morgan fingerprint density at radius 2 is 1.85 bits per heavy atom. The normalized spacial score (nSPS) is 29.8. The molecule has 26 heavy (non-hydrogen) atoms. The molecule has 2 aliphatic rings. The van der Waals surface area contributed by atoms with Gasteiger partial charge in [-0.15, -0.1) is 0 Å². The summed E-state index contributed by atoms with van der Waals surface area (Å²) in [5.74, 6) is 0.336. The van der Waals surface area contributed by atoms with Gasteiger partial charge in [0.25, 0.3) is 6.43 Å². The first-order chi connectivity index (χ1) is 12.5. The molecule has 1 saturated carbocycles. The summed E-state index contributed by atoms with van der Waals surface area (Å²) in [4.78, 5) is 0. The first-order valence-electron chi connectivity index (χ1n) is 9.86. The van der Waals surface area contributed by atoms with Gasteiger partial charge in [-0.2, -0.15) is 0 Å². The summed E-state index contributed by atoms with van der Waals surface area (Å²) in [6.45, 7) is 4.63. The fourth-order valence-electron chi connectivity index (χ4n) is 4.44. The van der Waals surface area contributed by atoms with Crippen LogP contribution in [-0.2, 0) is 4.74 Å². The van der Waals surface area contributed by atoms with Crippen molar-refractivity contribution in [3.63, 3.8) is 0 Å². The third kappa shape index (κ3) is 4.19. The lowest BCUT2D eigenvalue weighted by atomic mass is 9.77. The molecular weight excluding hydrogens is 341 g/mol. The van der Waals surface area contributed by atoms with Crippen LogP contribution in [0.4, 0.5) is 13.2 Å². The van der Waals surface area contributed by atoms with Gasteiger partial charge < -0.3 is 9.47 Å². The van der Waals surface area contributed by atoms with Gasteiger partial charge in [-0.3, -0.25) is 0 Å². The summed E-state index contributed by atoms with van der Waals surface area (Å²) >= 11 is 0. The number of ether oxygens (including phenoxy) is 2. The van der Waals surface area contributed by atoms with Crippen LogP contribution in [0.15, 0.2) is 12.1 Å². The van der Waals surface area contributed by atoms with Crippen LogP contribution in [0.5, 0.6) is 5.75 Å². The van der Waals surface area contributed by atoms with Gasteiger partial charge >= 0.3 is 0 Å². The molecule has 2 atom stereocenters. The largest absolute Gasteiger partial charge is 0.493 e. The van der Waals surface area contributed by atoms with Gasteiger partial charge in [0.1, 0.15) is 11.6 Å². The van der Waals surface area contributed by atoms with E-state index in [0.29, 0.717) is 18.1 Å². The highest BCUT2D eigenvalue weighted by Crippen LogP contribution is 2.41. The average molecular weight is 370 g/mol. The van der Waals surface area contributed by atoms with Crippen LogP contribution >= 0.6 is 0 Å². The Bertz CT molecular complexity index is 589. The molecule has 2 nitrogen and oxygen atoms in total. The van der Waals surface area contributed by atoms with E-state index in [2.05, 4.69) is 6.92 Å². The molecule has 1 aliphatic heterocycles. The van der Waals surface area contributed by atoms with E-state index in [1.54, 1.807) is 13.0 Å². The summed E-state index contributed by atoms with van der Waals surface area (Å²) in [5, 5.41) is 0. The predicted molar refractivity (Wildman–Crippen MR) is 95.4 cm³/mol. The predicted octanol–water partition coefficient (Wildman–Crippen LogP) is 6.25. The number of alkyl halides is 2. The fraction of sp³-hybridized carbons (Fsp3) is 0.714. The van der Waals surface area contributed by atoms with Crippen molar-refractivity contribution in [3.8, 4) is 5.75 Å². The smallest absolute Gasteiger partial charge is 0.270 e. The molecule has 1 aromatic rings. The molecule has 1 saturated heterocycles. The van der Waals surface area contributed by atoms with Crippen molar-refractivity contribution in [2.24, 2.45) is 11.8 Å². The number of hydrogen-bond donors (Lipinski definition) is 0. The summed E-state index contributed by atoms with van der Waals surface area (Å²) in [5.41, 5.74) is -0.285. The molecule has 0 amide bonds. The Hall–Kier alpha value is -1.23. The van der Waals surface area contributed by atoms with E-state index in [1.807, 2.05) is 0 Å². The maximum atomic E-state index is 14.8. The summed E-state index contributed by atoms with van der Waals surface area (Å²) < 4.78 is 52.7. The number of benzene rings is 1.